The highest BCUT2D eigenvalue weighted by Gasteiger charge is 2.12. The van der Waals surface area contributed by atoms with Gasteiger partial charge in [0.05, 0.1) is 27.3 Å². The largest absolute Gasteiger partial charge is 0.423 e. The summed E-state index contributed by atoms with van der Waals surface area (Å²) in [5, 5.41) is 17.7. The molecule has 2 amide bonds. The summed E-state index contributed by atoms with van der Waals surface area (Å²) in [5.41, 5.74) is 3.36. The van der Waals surface area contributed by atoms with Gasteiger partial charge in [0.1, 0.15) is 5.75 Å². The number of esters is 1. The van der Waals surface area contributed by atoms with Crippen molar-refractivity contribution in [2.24, 2.45) is 5.10 Å². The van der Waals surface area contributed by atoms with Crippen LogP contribution in [0.25, 0.3) is 0 Å². The Morgan fingerprint density at radius 1 is 1.03 bits per heavy atom. The number of carbonyl (C=O) groups excluding carboxylic acids is 3. The maximum atomic E-state index is 12.3. The predicted molar refractivity (Wildman–Crippen MR) is 133 cm³/mol. The first kappa shape index (κ1) is 26.0. The first-order chi connectivity index (χ1) is 17.3. The fraction of sp³-hybridized carbons (Fsp3) is 0.120. The van der Waals surface area contributed by atoms with Crippen molar-refractivity contribution in [1.82, 2.24) is 10.7 Å². The van der Waals surface area contributed by atoms with Gasteiger partial charge < -0.3 is 10.1 Å². The lowest BCUT2D eigenvalue weighted by Gasteiger charge is -2.06. The molecule has 0 aromatic heterocycles. The fourth-order valence-electron chi connectivity index (χ4n) is 2.97. The fourth-order valence-corrected chi connectivity index (χ4v) is 3.19. The molecular weight excluding hydrogens is 488 g/mol. The second-order valence-corrected chi connectivity index (χ2v) is 7.81. The molecule has 10 nitrogen and oxygen atoms in total. The van der Waals surface area contributed by atoms with Crippen molar-refractivity contribution in [3.63, 3.8) is 0 Å². The summed E-state index contributed by atoms with van der Waals surface area (Å²) in [7, 11) is 0. The van der Waals surface area contributed by atoms with Crippen molar-refractivity contribution in [3.8, 4) is 5.75 Å². The average molecular weight is 509 g/mol. The first-order valence-electron chi connectivity index (χ1n) is 10.7. The molecule has 0 atom stereocenters. The Labute approximate surface area is 211 Å². The number of nitrogens with one attached hydrogen (secondary N) is 2. The van der Waals surface area contributed by atoms with E-state index in [-0.39, 0.29) is 35.2 Å². The molecule has 0 saturated heterocycles. The van der Waals surface area contributed by atoms with E-state index in [9.17, 15) is 24.5 Å². The molecule has 0 aliphatic heterocycles. The molecule has 0 bridgehead atoms. The molecule has 184 valence electrons. The van der Waals surface area contributed by atoms with E-state index in [4.69, 9.17) is 16.3 Å². The molecule has 2 N–H and O–H groups in total. The number of nitrogens with zero attached hydrogens (tertiary/aromatic N) is 2. The highest BCUT2D eigenvalue weighted by molar-refractivity contribution is 6.33. The lowest BCUT2D eigenvalue weighted by atomic mass is 10.2. The zero-order valence-corrected chi connectivity index (χ0v) is 19.6. The van der Waals surface area contributed by atoms with Gasteiger partial charge in [-0.05, 0) is 48.4 Å². The Bertz CT molecular complexity index is 1290. The number of hydrazone groups is 1. The summed E-state index contributed by atoms with van der Waals surface area (Å²) in [6, 6.07) is 18.2. The number of rotatable bonds is 10. The minimum atomic E-state index is -0.672. The minimum absolute atomic E-state index is 0.131. The molecular formula is C25H21ClN4O6. The van der Waals surface area contributed by atoms with E-state index in [1.807, 2.05) is 0 Å². The van der Waals surface area contributed by atoms with Gasteiger partial charge in [-0.15, -0.1) is 0 Å². The minimum Gasteiger partial charge on any atom is -0.423 e. The van der Waals surface area contributed by atoms with Crippen LogP contribution in [-0.4, -0.2) is 35.5 Å². The Morgan fingerprint density at radius 2 is 1.78 bits per heavy atom. The number of halogens is 1. The predicted octanol–water partition coefficient (Wildman–Crippen LogP) is 4.13. The summed E-state index contributed by atoms with van der Waals surface area (Å²) < 4.78 is 5.29. The summed E-state index contributed by atoms with van der Waals surface area (Å²) >= 11 is 5.98. The van der Waals surface area contributed by atoms with Crippen LogP contribution in [0, 0.1) is 10.1 Å². The van der Waals surface area contributed by atoms with E-state index >= 15 is 0 Å². The van der Waals surface area contributed by atoms with Crippen molar-refractivity contribution in [1.29, 1.82) is 0 Å². The number of nitro benzene ring substituents is 1. The standard InChI is InChI=1S/C25H21ClN4O6/c26-22-8-2-1-7-21(22)24(32)27-14-4-9-23(31)29-28-16-17-5-3-6-20(15-17)36-25(33)18-10-12-19(13-11-18)30(34)35/h1-3,5-8,10-13,15-16H,4,9,14H2,(H,27,32)(H,29,31). The zero-order valence-electron chi connectivity index (χ0n) is 18.8. The van der Waals surface area contributed by atoms with Crippen LogP contribution in [0.4, 0.5) is 5.69 Å². The molecule has 11 heteroatoms. The second-order valence-electron chi connectivity index (χ2n) is 7.40. The highest BCUT2D eigenvalue weighted by atomic mass is 35.5. The lowest BCUT2D eigenvalue weighted by Crippen LogP contribution is -2.26. The van der Waals surface area contributed by atoms with E-state index in [0.717, 1.165) is 0 Å². The molecule has 3 rings (SSSR count). The lowest BCUT2D eigenvalue weighted by molar-refractivity contribution is -0.384. The maximum Gasteiger partial charge on any atom is 0.343 e. The van der Waals surface area contributed by atoms with Crippen LogP contribution in [0.2, 0.25) is 5.02 Å². The van der Waals surface area contributed by atoms with Crippen molar-refractivity contribution in [2.45, 2.75) is 12.8 Å². The van der Waals surface area contributed by atoms with Crippen LogP contribution < -0.4 is 15.5 Å². The molecule has 0 radical (unpaired) electrons. The number of carbonyl (C=O) groups is 3. The van der Waals surface area contributed by atoms with Gasteiger partial charge in [-0.1, -0.05) is 35.9 Å². The Balaban J connectivity index is 1.42. The molecule has 3 aromatic rings. The van der Waals surface area contributed by atoms with E-state index in [2.05, 4.69) is 15.8 Å². The normalized spacial score (nSPS) is 10.6. The van der Waals surface area contributed by atoms with Crippen molar-refractivity contribution < 1.29 is 24.0 Å². The van der Waals surface area contributed by atoms with Gasteiger partial charge in [-0.2, -0.15) is 5.10 Å². The van der Waals surface area contributed by atoms with Crippen LogP contribution in [0.5, 0.6) is 5.75 Å². The second kappa shape index (κ2) is 12.8. The van der Waals surface area contributed by atoms with Crippen molar-refractivity contribution >= 4 is 41.3 Å². The van der Waals surface area contributed by atoms with E-state index in [0.29, 0.717) is 29.1 Å². The number of hydrogen-bond acceptors (Lipinski definition) is 7. The average Bonchev–Trinajstić information content (AvgIpc) is 2.87. The Morgan fingerprint density at radius 3 is 2.50 bits per heavy atom. The number of ether oxygens (including phenoxy) is 1. The van der Waals surface area contributed by atoms with Gasteiger partial charge in [-0.25, -0.2) is 10.2 Å². The Kier molecular flexibility index (Phi) is 9.24. The quantitative estimate of drug-likeness (QED) is 0.105. The highest BCUT2D eigenvalue weighted by Crippen LogP contribution is 2.17. The number of hydrogen-bond donors (Lipinski definition) is 2. The van der Waals surface area contributed by atoms with Gasteiger partial charge in [0.15, 0.2) is 0 Å². The molecule has 0 unspecified atom stereocenters. The number of non-ortho nitro benzene ring substituents is 1. The topological polar surface area (TPSA) is 140 Å². The number of amides is 2. The van der Waals surface area contributed by atoms with E-state index in [1.54, 1.807) is 48.5 Å². The summed E-state index contributed by atoms with van der Waals surface area (Å²) in [5.74, 6) is -1.08. The first-order valence-corrected chi connectivity index (χ1v) is 11.1. The molecule has 0 saturated carbocycles. The molecule has 0 aliphatic carbocycles. The monoisotopic (exact) mass is 508 g/mol. The third-order valence-corrected chi connectivity index (χ3v) is 5.10. The summed E-state index contributed by atoms with van der Waals surface area (Å²) in [4.78, 5) is 46.5. The summed E-state index contributed by atoms with van der Waals surface area (Å²) in [6.07, 6.45) is 1.94. The molecule has 0 aliphatic rings. The smallest absolute Gasteiger partial charge is 0.343 e. The van der Waals surface area contributed by atoms with Crippen LogP contribution in [0.1, 0.15) is 39.1 Å². The van der Waals surface area contributed by atoms with Gasteiger partial charge >= 0.3 is 5.97 Å². The van der Waals surface area contributed by atoms with E-state index in [1.165, 1.54) is 30.5 Å². The maximum absolute atomic E-state index is 12.3. The molecule has 36 heavy (non-hydrogen) atoms. The van der Waals surface area contributed by atoms with Gasteiger partial charge in [-0.3, -0.25) is 19.7 Å². The van der Waals surface area contributed by atoms with Gasteiger partial charge in [0.25, 0.3) is 11.6 Å². The SMILES string of the molecule is O=C(CCCNC(=O)c1ccccc1Cl)NN=Cc1cccc(OC(=O)c2ccc([N+](=O)[O-])cc2)c1. The van der Waals surface area contributed by atoms with Crippen molar-refractivity contribution in [3.05, 3.63) is 105 Å². The van der Waals surface area contributed by atoms with Crippen LogP contribution in [-0.2, 0) is 4.79 Å². The van der Waals surface area contributed by atoms with Gasteiger partial charge in [0, 0.05) is 25.1 Å². The third kappa shape index (κ3) is 7.74. The van der Waals surface area contributed by atoms with Crippen molar-refractivity contribution in [2.75, 3.05) is 6.54 Å². The van der Waals surface area contributed by atoms with Crippen LogP contribution in [0.15, 0.2) is 77.9 Å². The van der Waals surface area contributed by atoms with E-state index < -0.39 is 10.9 Å². The third-order valence-electron chi connectivity index (χ3n) is 4.77. The Hall–Kier alpha value is -4.57. The molecule has 3 aromatic carbocycles. The summed E-state index contributed by atoms with van der Waals surface area (Å²) in [6.45, 7) is 0.295. The number of benzene rings is 3. The number of nitro groups is 1. The van der Waals surface area contributed by atoms with Crippen LogP contribution in [0.3, 0.4) is 0 Å². The zero-order chi connectivity index (χ0) is 25.9. The van der Waals surface area contributed by atoms with Crippen LogP contribution >= 0.6 is 11.6 Å². The molecule has 0 fully saturated rings. The van der Waals surface area contributed by atoms with Gasteiger partial charge in [0.2, 0.25) is 5.91 Å². The molecule has 0 heterocycles. The molecule has 0 spiro atoms.